The number of halogens is 2. The fraction of sp³-hybridized carbons (Fsp3) is 0.583. The van der Waals surface area contributed by atoms with Crippen molar-refractivity contribution in [3.8, 4) is 5.75 Å². The molecule has 3 fully saturated rings. The summed E-state index contributed by atoms with van der Waals surface area (Å²) in [4.78, 5) is 52.6. The first-order valence-electron chi connectivity index (χ1n) is 11.8. The highest BCUT2D eigenvalue weighted by molar-refractivity contribution is 6.35. The summed E-state index contributed by atoms with van der Waals surface area (Å²) in [5.74, 6) is -1.33. The molecule has 9 nitrogen and oxygen atoms in total. The van der Waals surface area contributed by atoms with E-state index in [0.717, 1.165) is 19.3 Å². The van der Waals surface area contributed by atoms with Crippen molar-refractivity contribution in [1.82, 2.24) is 15.5 Å². The summed E-state index contributed by atoms with van der Waals surface area (Å²) >= 11 is 12.1. The number of methoxy groups -OCH3 is 1. The zero-order valence-electron chi connectivity index (χ0n) is 19.4. The molecule has 3 aliphatic rings. The van der Waals surface area contributed by atoms with Crippen LogP contribution in [0.3, 0.4) is 0 Å². The smallest absolute Gasteiger partial charge is 0.328 e. The lowest BCUT2D eigenvalue weighted by atomic mass is 9.92. The lowest BCUT2D eigenvalue weighted by Gasteiger charge is -2.29. The minimum Gasteiger partial charge on any atom is -0.482 e. The van der Waals surface area contributed by atoms with E-state index in [1.165, 1.54) is 13.2 Å². The monoisotopic (exact) mass is 525 g/mol. The molecule has 2 N–H and O–H groups in total. The third-order valence-corrected chi connectivity index (χ3v) is 7.74. The molecule has 1 aromatic carbocycles. The van der Waals surface area contributed by atoms with Gasteiger partial charge in [-0.25, -0.2) is 4.79 Å². The van der Waals surface area contributed by atoms with Crippen molar-refractivity contribution < 1.29 is 28.7 Å². The van der Waals surface area contributed by atoms with Gasteiger partial charge in [-0.1, -0.05) is 29.6 Å². The highest BCUT2D eigenvalue weighted by Crippen LogP contribution is 2.42. The molecule has 5 atom stereocenters. The lowest BCUT2D eigenvalue weighted by molar-refractivity contribution is -0.147. The predicted octanol–water partition coefficient (Wildman–Crippen LogP) is 2.18. The van der Waals surface area contributed by atoms with Crippen molar-refractivity contribution in [2.24, 2.45) is 17.8 Å². The minimum absolute atomic E-state index is 0.00569. The molecule has 35 heavy (non-hydrogen) atoms. The number of esters is 1. The van der Waals surface area contributed by atoms with Crippen molar-refractivity contribution in [2.45, 2.75) is 44.2 Å². The van der Waals surface area contributed by atoms with Gasteiger partial charge in [0.1, 0.15) is 17.8 Å². The van der Waals surface area contributed by atoms with E-state index in [-0.39, 0.29) is 47.6 Å². The third-order valence-electron chi connectivity index (χ3n) is 7.21. The summed E-state index contributed by atoms with van der Waals surface area (Å²) in [5, 5.41) is 6.26. The van der Waals surface area contributed by atoms with Crippen molar-refractivity contribution >= 4 is 46.9 Å². The first kappa shape index (κ1) is 25.6. The van der Waals surface area contributed by atoms with Crippen LogP contribution < -0.4 is 15.4 Å². The largest absolute Gasteiger partial charge is 0.482 e. The Morgan fingerprint density at radius 1 is 1.23 bits per heavy atom. The number of rotatable bonds is 8. The Morgan fingerprint density at radius 2 is 2.03 bits per heavy atom. The quantitative estimate of drug-likeness (QED) is 0.502. The third kappa shape index (κ3) is 5.67. The number of carbonyl (C=O) groups is 4. The fourth-order valence-corrected chi connectivity index (χ4v) is 5.94. The number of hydrogen-bond donors (Lipinski definition) is 2. The van der Waals surface area contributed by atoms with Gasteiger partial charge in [-0.05, 0) is 55.7 Å². The molecule has 1 saturated carbocycles. The molecular weight excluding hydrogens is 497 g/mol. The average molecular weight is 526 g/mol. The Balaban J connectivity index is 1.46. The summed E-state index contributed by atoms with van der Waals surface area (Å²) in [6.07, 6.45) is 3.48. The first-order valence-corrected chi connectivity index (χ1v) is 12.6. The normalized spacial score (nSPS) is 26.1. The Labute approximate surface area is 213 Å². The van der Waals surface area contributed by atoms with Crippen LogP contribution in [-0.2, 0) is 23.9 Å². The molecule has 0 spiro atoms. The number of carbonyl (C=O) groups excluding carboxylic acids is 4. The van der Waals surface area contributed by atoms with E-state index in [4.69, 9.17) is 32.7 Å². The standard InChI is InChI=1S/C24H29Cl2N3O6/c1-34-24(33)18(9-13-7-8-27-22(13)31)28-23(32)21-16-4-2-3-14(16)11-29(21)20(30)12-35-19-6-5-15(25)10-17(19)26/h5-6,10,13-14,16,18,21H,2-4,7-9,11-12H2,1H3,(H,27,31)(H,28,32)/t13-,14-,16-,18-,21-/m0/s1. The molecule has 190 valence electrons. The second-order valence-corrected chi connectivity index (χ2v) is 10.1. The summed E-state index contributed by atoms with van der Waals surface area (Å²) in [5.41, 5.74) is 0. The molecule has 0 radical (unpaired) electrons. The van der Waals surface area contributed by atoms with Crippen molar-refractivity contribution in [2.75, 3.05) is 26.8 Å². The Kier molecular flexibility index (Phi) is 8.06. The van der Waals surface area contributed by atoms with E-state index >= 15 is 0 Å². The average Bonchev–Trinajstić information content (AvgIpc) is 3.53. The van der Waals surface area contributed by atoms with Gasteiger partial charge in [0.05, 0.1) is 12.1 Å². The summed E-state index contributed by atoms with van der Waals surface area (Å²) in [6.45, 7) is 0.706. The number of benzene rings is 1. The minimum atomic E-state index is -0.970. The lowest BCUT2D eigenvalue weighted by Crippen LogP contribution is -2.54. The molecular formula is C24H29Cl2N3O6. The summed E-state index contributed by atoms with van der Waals surface area (Å²) in [6, 6.07) is 3.03. The molecule has 0 bridgehead atoms. The molecule has 1 aliphatic carbocycles. The van der Waals surface area contributed by atoms with Gasteiger partial charge in [-0.3, -0.25) is 14.4 Å². The van der Waals surface area contributed by atoms with Gasteiger partial charge in [0.25, 0.3) is 5.91 Å². The second kappa shape index (κ2) is 11.0. The molecule has 11 heteroatoms. The van der Waals surface area contributed by atoms with Gasteiger partial charge in [-0.15, -0.1) is 0 Å². The first-order chi connectivity index (χ1) is 16.8. The summed E-state index contributed by atoms with van der Waals surface area (Å²) in [7, 11) is 1.24. The van der Waals surface area contributed by atoms with E-state index < -0.39 is 24.0 Å². The highest BCUT2D eigenvalue weighted by Gasteiger charge is 2.50. The SMILES string of the molecule is COC(=O)[C@H](C[C@@H]1CCNC1=O)NC(=O)[C@@H]1[C@H]2CCC[C@H]2CN1C(=O)COc1ccc(Cl)cc1Cl. The molecule has 2 saturated heterocycles. The number of fused-ring (bicyclic) bond motifs is 1. The maximum Gasteiger partial charge on any atom is 0.328 e. The van der Waals surface area contributed by atoms with Gasteiger partial charge in [0.15, 0.2) is 6.61 Å². The molecule has 1 aromatic rings. The van der Waals surface area contributed by atoms with Gasteiger partial charge in [-0.2, -0.15) is 0 Å². The Morgan fingerprint density at radius 3 is 2.71 bits per heavy atom. The van der Waals surface area contributed by atoms with Crippen LogP contribution in [0.4, 0.5) is 0 Å². The number of ether oxygens (including phenoxy) is 2. The fourth-order valence-electron chi connectivity index (χ4n) is 5.48. The number of amides is 3. The van der Waals surface area contributed by atoms with Crippen LogP contribution in [0, 0.1) is 17.8 Å². The van der Waals surface area contributed by atoms with Crippen LogP contribution in [0.5, 0.6) is 5.75 Å². The van der Waals surface area contributed by atoms with Gasteiger partial charge in [0.2, 0.25) is 11.8 Å². The van der Waals surface area contributed by atoms with E-state index in [2.05, 4.69) is 10.6 Å². The highest BCUT2D eigenvalue weighted by atomic mass is 35.5. The van der Waals surface area contributed by atoms with Crippen LogP contribution >= 0.6 is 23.2 Å². The molecule has 0 unspecified atom stereocenters. The van der Waals surface area contributed by atoms with E-state index in [1.807, 2.05) is 0 Å². The van der Waals surface area contributed by atoms with Crippen molar-refractivity contribution in [3.05, 3.63) is 28.2 Å². The van der Waals surface area contributed by atoms with Crippen LogP contribution in [-0.4, -0.2) is 67.5 Å². The molecule has 2 aliphatic heterocycles. The second-order valence-electron chi connectivity index (χ2n) is 9.31. The molecule has 3 amide bonds. The van der Waals surface area contributed by atoms with Gasteiger partial charge >= 0.3 is 5.97 Å². The van der Waals surface area contributed by atoms with Crippen molar-refractivity contribution in [3.63, 3.8) is 0 Å². The molecule has 2 heterocycles. The maximum absolute atomic E-state index is 13.5. The number of hydrogen-bond acceptors (Lipinski definition) is 6. The molecule has 0 aromatic heterocycles. The van der Waals surface area contributed by atoms with Gasteiger partial charge in [0, 0.05) is 24.0 Å². The van der Waals surface area contributed by atoms with E-state index in [9.17, 15) is 19.2 Å². The zero-order chi connectivity index (χ0) is 25.1. The van der Waals surface area contributed by atoms with Crippen LogP contribution in [0.25, 0.3) is 0 Å². The van der Waals surface area contributed by atoms with E-state index in [1.54, 1.807) is 17.0 Å². The number of nitrogens with one attached hydrogen (secondary N) is 2. The number of likely N-dealkylation sites (tertiary alicyclic amines) is 1. The zero-order valence-corrected chi connectivity index (χ0v) is 20.9. The van der Waals surface area contributed by atoms with Crippen molar-refractivity contribution in [1.29, 1.82) is 0 Å². The van der Waals surface area contributed by atoms with Crippen LogP contribution in [0.1, 0.15) is 32.1 Å². The predicted molar refractivity (Wildman–Crippen MR) is 128 cm³/mol. The Bertz CT molecular complexity index is 1010. The summed E-state index contributed by atoms with van der Waals surface area (Å²) < 4.78 is 10.5. The number of nitrogens with zero attached hydrogens (tertiary/aromatic N) is 1. The Hall–Kier alpha value is -2.52. The molecule has 4 rings (SSSR count). The van der Waals surface area contributed by atoms with Crippen LogP contribution in [0.15, 0.2) is 18.2 Å². The topological polar surface area (TPSA) is 114 Å². The van der Waals surface area contributed by atoms with Crippen LogP contribution in [0.2, 0.25) is 10.0 Å². The maximum atomic E-state index is 13.5. The van der Waals surface area contributed by atoms with Gasteiger partial charge < -0.3 is 25.0 Å². The van der Waals surface area contributed by atoms with E-state index in [0.29, 0.717) is 30.3 Å².